The van der Waals surface area contributed by atoms with E-state index >= 15 is 0 Å². The topological polar surface area (TPSA) is 43.1 Å². The maximum atomic E-state index is 10.9. The second-order valence-electron chi connectivity index (χ2n) is 3.34. The lowest BCUT2D eigenvalue weighted by atomic mass is 10.1. The van der Waals surface area contributed by atoms with E-state index in [1.54, 1.807) is 0 Å². The first kappa shape index (κ1) is 9.30. The number of aromatic nitrogens is 1. The van der Waals surface area contributed by atoms with Gasteiger partial charge < -0.3 is 4.52 Å². The van der Waals surface area contributed by atoms with E-state index < -0.39 is 0 Å². The highest BCUT2D eigenvalue weighted by Gasteiger charge is 2.13. The van der Waals surface area contributed by atoms with Crippen molar-refractivity contribution in [1.82, 2.24) is 5.16 Å². The summed E-state index contributed by atoms with van der Waals surface area (Å²) in [6.45, 7) is 0. The average molecular weight is 229 g/mol. The molecule has 3 aromatic rings. The number of hydrogen-bond donors (Lipinski definition) is 0. The molecule has 0 bridgehead atoms. The van der Waals surface area contributed by atoms with Crippen molar-refractivity contribution in [1.29, 1.82) is 0 Å². The lowest BCUT2D eigenvalue weighted by Crippen LogP contribution is -1.80. The van der Waals surface area contributed by atoms with Gasteiger partial charge in [0.25, 0.3) is 0 Å². The Labute approximate surface area is 95.3 Å². The van der Waals surface area contributed by atoms with Gasteiger partial charge in [-0.05, 0) is 23.6 Å². The molecule has 16 heavy (non-hydrogen) atoms. The van der Waals surface area contributed by atoms with Crippen LogP contribution in [0.5, 0.6) is 0 Å². The Balaban J connectivity index is 2.30. The summed E-state index contributed by atoms with van der Waals surface area (Å²) in [4.78, 5) is 11.6. The van der Waals surface area contributed by atoms with Crippen LogP contribution in [0.3, 0.4) is 0 Å². The molecule has 0 saturated heterocycles. The predicted molar refractivity (Wildman–Crippen MR) is 62.7 cm³/mol. The molecule has 0 aliphatic heterocycles. The summed E-state index contributed by atoms with van der Waals surface area (Å²) in [6.07, 6.45) is 0.851. The molecule has 0 spiro atoms. The third kappa shape index (κ3) is 1.27. The minimum Gasteiger partial charge on any atom is -0.356 e. The number of hydrogen-bond acceptors (Lipinski definition) is 4. The van der Waals surface area contributed by atoms with Crippen LogP contribution in [0.4, 0.5) is 0 Å². The van der Waals surface area contributed by atoms with Gasteiger partial charge in [-0.1, -0.05) is 17.3 Å². The molecule has 2 aromatic heterocycles. The van der Waals surface area contributed by atoms with Crippen molar-refractivity contribution in [3.05, 3.63) is 40.6 Å². The average Bonchev–Trinajstić information content (AvgIpc) is 2.94. The largest absolute Gasteiger partial charge is 0.356 e. The van der Waals surface area contributed by atoms with Crippen molar-refractivity contribution >= 4 is 28.6 Å². The SMILES string of the molecule is O=Cc1sccc1-c1noc2ccccc12. The zero-order chi connectivity index (χ0) is 11.0. The van der Waals surface area contributed by atoms with Crippen molar-refractivity contribution in [2.24, 2.45) is 0 Å². The number of carbonyl (C=O) groups is 1. The first-order valence-electron chi connectivity index (χ1n) is 4.77. The molecule has 0 aliphatic rings. The molecule has 1 aromatic carbocycles. The lowest BCUT2D eigenvalue weighted by Gasteiger charge is -1.92. The number of thiophene rings is 1. The summed E-state index contributed by atoms with van der Waals surface area (Å²) in [5.74, 6) is 0. The fourth-order valence-corrected chi connectivity index (χ4v) is 2.39. The van der Waals surface area contributed by atoms with Crippen LogP contribution in [0, 0.1) is 0 Å². The number of carbonyl (C=O) groups excluding carboxylic acids is 1. The molecule has 0 fully saturated rings. The van der Waals surface area contributed by atoms with Crippen LogP contribution in [-0.4, -0.2) is 11.4 Å². The highest BCUT2D eigenvalue weighted by atomic mass is 32.1. The number of rotatable bonds is 2. The van der Waals surface area contributed by atoms with E-state index in [2.05, 4.69) is 5.16 Å². The van der Waals surface area contributed by atoms with E-state index in [4.69, 9.17) is 4.52 Å². The van der Waals surface area contributed by atoms with Crippen LogP contribution < -0.4 is 0 Å². The Morgan fingerprint density at radius 1 is 1.25 bits per heavy atom. The minimum absolute atomic E-state index is 0.680. The molecular formula is C12H7NO2S. The number of nitrogens with zero attached hydrogens (tertiary/aromatic N) is 1. The Morgan fingerprint density at radius 3 is 3.00 bits per heavy atom. The molecule has 0 radical (unpaired) electrons. The first-order valence-corrected chi connectivity index (χ1v) is 5.65. The molecule has 0 saturated carbocycles. The third-order valence-electron chi connectivity index (χ3n) is 2.43. The van der Waals surface area contributed by atoms with Crippen molar-refractivity contribution in [2.75, 3.05) is 0 Å². The van der Waals surface area contributed by atoms with Gasteiger partial charge in [-0.25, -0.2) is 0 Å². The van der Waals surface area contributed by atoms with E-state index in [9.17, 15) is 4.79 Å². The molecule has 0 amide bonds. The molecular weight excluding hydrogens is 222 g/mol. The zero-order valence-electron chi connectivity index (χ0n) is 8.21. The van der Waals surface area contributed by atoms with Crippen molar-refractivity contribution < 1.29 is 9.32 Å². The molecule has 0 aliphatic carbocycles. The van der Waals surface area contributed by atoms with Crippen LogP contribution >= 0.6 is 11.3 Å². The number of para-hydroxylation sites is 1. The molecule has 3 nitrogen and oxygen atoms in total. The van der Waals surface area contributed by atoms with Gasteiger partial charge in [0.2, 0.25) is 0 Å². The molecule has 0 atom stereocenters. The summed E-state index contributed by atoms with van der Waals surface area (Å²) in [6, 6.07) is 9.51. The normalized spacial score (nSPS) is 10.8. The van der Waals surface area contributed by atoms with Crippen molar-refractivity contribution in [3.8, 4) is 11.3 Å². The van der Waals surface area contributed by atoms with Gasteiger partial charge in [0.15, 0.2) is 11.9 Å². The van der Waals surface area contributed by atoms with Gasteiger partial charge in [-0.15, -0.1) is 11.3 Å². The van der Waals surface area contributed by atoms with Crippen molar-refractivity contribution in [2.45, 2.75) is 0 Å². The van der Waals surface area contributed by atoms with E-state index in [-0.39, 0.29) is 0 Å². The predicted octanol–water partition coefficient (Wildman–Crippen LogP) is 3.37. The maximum absolute atomic E-state index is 10.9. The first-order chi connectivity index (χ1) is 7.90. The smallest absolute Gasteiger partial charge is 0.167 e. The molecule has 3 rings (SSSR count). The second kappa shape index (κ2) is 3.57. The monoisotopic (exact) mass is 229 g/mol. The Hall–Kier alpha value is -1.94. The number of benzene rings is 1. The number of aldehydes is 1. The lowest BCUT2D eigenvalue weighted by molar-refractivity contribution is 0.112. The van der Waals surface area contributed by atoms with E-state index in [0.717, 1.165) is 28.5 Å². The van der Waals surface area contributed by atoms with Gasteiger partial charge in [0.05, 0.1) is 4.88 Å². The molecule has 0 unspecified atom stereocenters. The summed E-state index contributed by atoms with van der Waals surface area (Å²) >= 11 is 1.41. The van der Waals surface area contributed by atoms with Crippen molar-refractivity contribution in [3.63, 3.8) is 0 Å². The summed E-state index contributed by atoms with van der Waals surface area (Å²) in [5.41, 5.74) is 2.31. The standard InChI is InChI=1S/C12H7NO2S/c14-7-11-9(5-6-16-11)12-8-3-1-2-4-10(8)15-13-12/h1-7H. The Morgan fingerprint density at radius 2 is 2.12 bits per heavy atom. The van der Waals surface area contributed by atoms with Gasteiger partial charge in [0, 0.05) is 10.9 Å². The fraction of sp³-hybridized carbons (Fsp3) is 0. The Kier molecular flexibility index (Phi) is 2.08. The van der Waals surface area contributed by atoms with E-state index in [0.29, 0.717) is 4.88 Å². The molecule has 0 N–H and O–H groups in total. The second-order valence-corrected chi connectivity index (χ2v) is 4.29. The quantitative estimate of drug-likeness (QED) is 0.633. The van der Waals surface area contributed by atoms with Crippen LogP contribution in [0.2, 0.25) is 0 Å². The molecule has 2 heterocycles. The zero-order valence-corrected chi connectivity index (χ0v) is 9.03. The van der Waals surface area contributed by atoms with E-state index in [1.165, 1.54) is 11.3 Å². The van der Waals surface area contributed by atoms with Gasteiger partial charge in [0.1, 0.15) is 5.69 Å². The summed E-state index contributed by atoms with van der Waals surface area (Å²) < 4.78 is 5.21. The number of fused-ring (bicyclic) bond motifs is 1. The van der Waals surface area contributed by atoms with Crippen LogP contribution in [-0.2, 0) is 0 Å². The highest BCUT2D eigenvalue weighted by molar-refractivity contribution is 7.12. The molecule has 4 heteroatoms. The Bertz CT molecular complexity index is 654. The molecule has 78 valence electrons. The fourth-order valence-electron chi connectivity index (χ4n) is 1.69. The van der Waals surface area contributed by atoms with Gasteiger partial charge >= 0.3 is 0 Å². The van der Waals surface area contributed by atoms with Crippen LogP contribution in [0.25, 0.3) is 22.2 Å². The van der Waals surface area contributed by atoms with Crippen LogP contribution in [0.15, 0.2) is 40.2 Å². The highest BCUT2D eigenvalue weighted by Crippen LogP contribution is 2.31. The van der Waals surface area contributed by atoms with E-state index in [1.807, 2.05) is 35.7 Å². The van der Waals surface area contributed by atoms with Gasteiger partial charge in [-0.3, -0.25) is 4.79 Å². The third-order valence-corrected chi connectivity index (χ3v) is 3.28. The summed E-state index contributed by atoms with van der Waals surface area (Å²) in [5, 5.41) is 6.83. The maximum Gasteiger partial charge on any atom is 0.167 e. The van der Waals surface area contributed by atoms with Crippen LogP contribution in [0.1, 0.15) is 9.67 Å². The minimum atomic E-state index is 0.680. The van der Waals surface area contributed by atoms with Gasteiger partial charge in [-0.2, -0.15) is 0 Å². The summed E-state index contributed by atoms with van der Waals surface area (Å²) in [7, 11) is 0.